The van der Waals surface area contributed by atoms with Gasteiger partial charge in [0.05, 0.1) is 19.1 Å². The van der Waals surface area contributed by atoms with Gasteiger partial charge >= 0.3 is 5.97 Å². The van der Waals surface area contributed by atoms with E-state index in [1.807, 2.05) is 6.92 Å². The number of benzene rings is 1. The van der Waals surface area contributed by atoms with Crippen LogP contribution in [0.1, 0.15) is 23.7 Å². The quantitative estimate of drug-likeness (QED) is 0.617. The summed E-state index contributed by atoms with van der Waals surface area (Å²) in [5.41, 5.74) is 1.16. The van der Waals surface area contributed by atoms with E-state index in [-0.39, 0.29) is 24.8 Å². The van der Waals surface area contributed by atoms with E-state index in [4.69, 9.17) is 4.74 Å². The lowest BCUT2D eigenvalue weighted by Crippen LogP contribution is -2.57. The average molecular weight is 346 g/mol. The zero-order valence-electron chi connectivity index (χ0n) is 14.4. The van der Waals surface area contributed by atoms with Crippen molar-refractivity contribution < 1.29 is 23.9 Å². The summed E-state index contributed by atoms with van der Waals surface area (Å²) >= 11 is 0. The summed E-state index contributed by atoms with van der Waals surface area (Å²) in [6.45, 7) is 6.52. The molecule has 1 atom stereocenters. The lowest BCUT2D eigenvalue weighted by molar-refractivity contribution is -0.145. The van der Waals surface area contributed by atoms with Gasteiger partial charge in [0, 0.05) is 13.1 Å². The molecule has 1 saturated heterocycles. The molecule has 0 aromatic heterocycles. The Morgan fingerprint density at radius 3 is 2.76 bits per heavy atom. The van der Waals surface area contributed by atoms with E-state index in [9.17, 15) is 14.4 Å². The smallest absolute Gasteiger partial charge is 0.308 e. The van der Waals surface area contributed by atoms with Crippen molar-refractivity contribution in [2.75, 3.05) is 26.8 Å². The first-order chi connectivity index (χ1) is 11.9. The number of methoxy groups -OCH3 is 1. The third-order valence-corrected chi connectivity index (χ3v) is 3.77. The van der Waals surface area contributed by atoms with E-state index < -0.39 is 12.0 Å². The minimum absolute atomic E-state index is 0.192. The molecule has 0 bridgehead atoms. The highest BCUT2D eigenvalue weighted by Crippen LogP contribution is 2.23. The van der Waals surface area contributed by atoms with E-state index in [0.29, 0.717) is 24.4 Å². The topological polar surface area (TPSA) is 84.9 Å². The van der Waals surface area contributed by atoms with E-state index in [1.165, 1.54) is 12.0 Å². The number of amides is 2. The van der Waals surface area contributed by atoms with Crippen molar-refractivity contribution in [3.05, 3.63) is 42.0 Å². The second kappa shape index (κ2) is 8.32. The first-order valence-corrected chi connectivity index (χ1v) is 7.95. The molecular weight excluding hydrogens is 324 g/mol. The third kappa shape index (κ3) is 4.59. The summed E-state index contributed by atoms with van der Waals surface area (Å²) in [5, 5.41) is 2.67. The Morgan fingerprint density at radius 2 is 2.08 bits per heavy atom. The number of rotatable bonds is 6. The Bertz CT molecular complexity index is 686. The summed E-state index contributed by atoms with van der Waals surface area (Å²) in [5.74, 6) is -0.864. The SMILES string of the molecule is C=C(C)COc1ccccc1C(=O)N1CCNC(=O)[C@@H]1CC(=O)OC. The number of piperazine rings is 1. The Morgan fingerprint density at radius 1 is 1.36 bits per heavy atom. The van der Waals surface area contributed by atoms with Gasteiger partial charge in [-0.25, -0.2) is 0 Å². The van der Waals surface area contributed by atoms with Crippen LogP contribution in [0.25, 0.3) is 0 Å². The Hall–Kier alpha value is -2.83. The molecule has 0 radical (unpaired) electrons. The molecule has 7 heteroatoms. The highest BCUT2D eigenvalue weighted by molar-refractivity contribution is 6.01. The van der Waals surface area contributed by atoms with Gasteiger partial charge in [-0.1, -0.05) is 18.7 Å². The molecule has 1 aliphatic heterocycles. The van der Waals surface area contributed by atoms with E-state index in [0.717, 1.165) is 5.57 Å². The summed E-state index contributed by atoms with van der Waals surface area (Å²) in [7, 11) is 1.25. The number of nitrogens with one attached hydrogen (secondary N) is 1. The van der Waals surface area contributed by atoms with Crippen molar-refractivity contribution in [2.45, 2.75) is 19.4 Å². The van der Waals surface area contributed by atoms with Crippen LogP contribution in [0.4, 0.5) is 0 Å². The van der Waals surface area contributed by atoms with Crippen LogP contribution in [-0.4, -0.2) is 55.5 Å². The Balaban J connectivity index is 2.26. The van der Waals surface area contributed by atoms with Gasteiger partial charge in [0.1, 0.15) is 18.4 Å². The summed E-state index contributed by atoms with van der Waals surface area (Å²) in [6.07, 6.45) is -0.192. The molecule has 2 amide bonds. The maximum absolute atomic E-state index is 13.0. The number of ether oxygens (including phenoxy) is 2. The van der Waals surface area contributed by atoms with Crippen molar-refractivity contribution in [3.8, 4) is 5.75 Å². The second-order valence-electron chi connectivity index (χ2n) is 5.83. The first kappa shape index (κ1) is 18.5. The number of para-hydroxylation sites is 1. The predicted octanol–water partition coefficient (Wildman–Crippen LogP) is 1.15. The van der Waals surface area contributed by atoms with Crippen LogP contribution < -0.4 is 10.1 Å². The lowest BCUT2D eigenvalue weighted by Gasteiger charge is -2.34. The second-order valence-corrected chi connectivity index (χ2v) is 5.83. The average Bonchev–Trinajstić information content (AvgIpc) is 2.61. The fourth-order valence-corrected chi connectivity index (χ4v) is 2.53. The fourth-order valence-electron chi connectivity index (χ4n) is 2.53. The van der Waals surface area contributed by atoms with Gasteiger partial charge in [-0.05, 0) is 24.6 Å². The molecule has 1 aliphatic rings. The summed E-state index contributed by atoms with van der Waals surface area (Å²) < 4.78 is 10.3. The van der Waals surface area contributed by atoms with Crippen LogP contribution in [0.2, 0.25) is 0 Å². The van der Waals surface area contributed by atoms with Gasteiger partial charge < -0.3 is 19.7 Å². The number of hydrogen-bond acceptors (Lipinski definition) is 5. The van der Waals surface area contributed by atoms with E-state index in [1.54, 1.807) is 24.3 Å². The number of esters is 1. The zero-order chi connectivity index (χ0) is 18.4. The highest BCUT2D eigenvalue weighted by Gasteiger charge is 2.36. The van der Waals surface area contributed by atoms with Crippen LogP contribution in [0, 0.1) is 0 Å². The van der Waals surface area contributed by atoms with Crippen LogP contribution in [-0.2, 0) is 14.3 Å². The monoisotopic (exact) mass is 346 g/mol. The Kier molecular flexibility index (Phi) is 6.16. The molecule has 0 saturated carbocycles. The van der Waals surface area contributed by atoms with Gasteiger partial charge in [0.2, 0.25) is 5.91 Å². The van der Waals surface area contributed by atoms with Gasteiger partial charge in [-0.2, -0.15) is 0 Å². The van der Waals surface area contributed by atoms with E-state index in [2.05, 4.69) is 16.6 Å². The maximum atomic E-state index is 13.0. The van der Waals surface area contributed by atoms with Gasteiger partial charge in [-0.3, -0.25) is 14.4 Å². The standard InChI is InChI=1S/C18H22N2O5/c1-12(2)11-25-15-7-5-4-6-13(15)18(23)20-9-8-19-17(22)14(20)10-16(21)24-3/h4-7,14H,1,8-11H2,2-3H3,(H,19,22)/t14-/m0/s1. The number of carbonyl (C=O) groups excluding carboxylic acids is 3. The number of nitrogens with zero attached hydrogens (tertiary/aromatic N) is 1. The minimum Gasteiger partial charge on any atom is -0.488 e. The van der Waals surface area contributed by atoms with Gasteiger partial charge in [-0.15, -0.1) is 0 Å². The van der Waals surface area contributed by atoms with Crippen molar-refractivity contribution in [1.82, 2.24) is 10.2 Å². The first-order valence-electron chi connectivity index (χ1n) is 7.95. The molecule has 1 N–H and O–H groups in total. The molecule has 0 unspecified atom stereocenters. The predicted molar refractivity (Wildman–Crippen MR) is 91.2 cm³/mol. The molecule has 0 spiro atoms. The van der Waals surface area contributed by atoms with Gasteiger partial charge in [0.15, 0.2) is 0 Å². The van der Waals surface area contributed by atoms with Crippen LogP contribution in [0.15, 0.2) is 36.4 Å². The summed E-state index contributed by atoms with van der Waals surface area (Å²) in [4.78, 5) is 38.1. The molecule has 25 heavy (non-hydrogen) atoms. The van der Waals surface area contributed by atoms with Crippen LogP contribution in [0.5, 0.6) is 5.75 Å². The zero-order valence-corrected chi connectivity index (χ0v) is 14.4. The van der Waals surface area contributed by atoms with Crippen LogP contribution >= 0.6 is 0 Å². The molecule has 1 heterocycles. The molecule has 0 aliphatic carbocycles. The fraction of sp³-hybridized carbons (Fsp3) is 0.389. The normalized spacial score (nSPS) is 16.8. The summed E-state index contributed by atoms with van der Waals surface area (Å²) in [6, 6.07) is 5.91. The minimum atomic E-state index is -0.900. The molecule has 1 fully saturated rings. The third-order valence-electron chi connectivity index (χ3n) is 3.77. The largest absolute Gasteiger partial charge is 0.488 e. The van der Waals surface area contributed by atoms with Crippen molar-refractivity contribution >= 4 is 17.8 Å². The lowest BCUT2D eigenvalue weighted by atomic mass is 10.1. The van der Waals surface area contributed by atoms with Crippen molar-refractivity contribution in [2.24, 2.45) is 0 Å². The van der Waals surface area contributed by atoms with Crippen molar-refractivity contribution in [1.29, 1.82) is 0 Å². The molecule has 1 aromatic rings. The highest BCUT2D eigenvalue weighted by atomic mass is 16.5. The van der Waals surface area contributed by atoms with Crippen molar-refractivity contribution in [3.63, 3.8) is 0 Å². The number of carbonyl (C=O) groups is 3. The maximum Gasteiger partial charge on any atom is 0.308 e. The van der Waals surface area contributed by atoms with Crippen LogP contribution in [0.3, 0.4) is 0 Å². The molecular formula is C18H22N2O5. The van der Waals surface area contributed by atoms with Gasteiger partial charge in [0.25, 0.3) is 5.91 Å². The Labute approximate surface area is 146 Å². The number of hydrogen-bond donors (Lipinski definition) is 1. The molecule has 1 aromatic carbocycles. The molecule has 7 nitrogen and oxygen atoms in total. The molecule has 2 rings (SSSR count). The molecule has 134 valence electrons. The van der Waals surface area contributed by atoms with E-state index >= 15 is 0 Å².